The third-order valence-electron chi connectivity index (χ3n) is 2.67. The van der Waals surface area contributed by atoms with Crippen molar-refractivity contribution < 1.29 is 9.59 Å². The maximum atomic E-state index is 12.1. The molecule has 0 aromatic heterocycles. The Labute approximate surface area is 104 Å². The summed E-state index contributed by atoms with van der Waals surface area (Å²) in [5.74, 6) is -0.285. The first-order valence-electron chi connectivity index (χ1n) is 6.36. The molecule has 0 rings (SSSR count). The van der Waals surface area contributed by atoms with Gasteiger partial charge in [-0.3, -0.25) is 9.59 Å². The van der Waals surface area contributed by atoms with Crippen molar-refractivity contribution in [2.24, 2.45) is 11.7 Å². The van der Waals surface area contributed by atoms with Crippen molar-refractivity contribution in [1.82, 2.24) is 10.2 Å². The molecule has 0 saturated carbocycles. The molecular formula is C12H25N3O2. The van der Waals surface area contributed by atoms with Gasteiger partial charge in [-0.1, -0.05) is 13.3 Å². The predicted molar refractivity (Wildman–Crippen MR) is 68.4 cm³/mol. The number of nitrogens with zero attached hydrogens (tertiary/aromatic N) is 1. The minimum Gasteiger partial charge on any atom is -0.355 e. The Morgan fingerprint density at radius 3 is 2.35 bits per heavy atom. The Kier molecular flexibility index (Phi) is 8.40. The van der Waals surface area contributed by atoms with Gasteiger partial charge in [0.25, 0.3) is 0 Å². The van der Waals surface area contributed by atoms with Crippen molar-refractivity contribution in [2.45, 2.75) is 33.6 Å². The summed E-state index contributed by atoms with van der Waals surface area (Å²) in [6.07, 6.45) is 1.70. The second kappa shape index (κ2) is 8.98. The maximum Gasteiger partial charge on any atom is 0.239 e. The molecule has 0 spiro atoms. The van der Waals surface area contributed by atoms with E-state index < -0.39 is 0 Å². The molecule has 100 valence electrons. The molecule has 3 N–H and O–H groups in total. The van der Waals surface area contributed by atoms with E-state index in [1.54, 1.807) is 4.90 Å². The van der Waals surface area contributed by atoms with Crippen LogP contribution in [0.25, 0.3) is 0 Å². The number of rotatable bonds is 8. The molecule has 0 aromatic carbocycles. The zero-order valence-electron chi connectivity index (χ0n) is 11.2. The lowest BCUT2D eigenvalue weighted by molar-refractivity contribution is -0.139. The number of hydrogen-bond donors (Lipinski definition) is 2. The summed E-state index contributed by atoms with van der Waals surface area (Å²) < 4.78 is 0. The lowest BCUT2D eigenvalue weighted by Crippen LogP contribution is -2.44. The van der Waals surface area contributed by atoms with Crippen LogP contribution >= 0.6 is 0 Å². The van der Waals surface area contributed by atoms with Gasteiger partial charge in [-0.25, -0.2) is 0 Å². The zero-order valence-corrected chi connectivity index (χ0v) is 11.2. The third kappa shape index (κ3) is 5.68. The van der Waals surface area contributed by atoms with E-state index in [-0.39, 0.29) is 24.3 Å². The van der Waals surface area contributed by atoms with E-state index in [0.29, 0.717) is 19.6 Å². The molecule has 0 aliphatic rings. The number of amides is 2. The van der Waals surface area contributed by atoms with Gasteiger partial charge in [0.05, 0.1) is 12.5 Å². The Morgan fingerprint density at radius 2 is 1.94 bits per heavy atom. The van der Waals surface area contributed by atoms with Crippen LogP contribution in [0.15, 0.2) is 0 Å². The topological polar surface area (TPSA) is 75.4 Å². The van der Waals surface area contributed by atoms with Crippen molar-refractivity contribution in [3.63, 3.8) is 0 Å². The number of carbonyl (C=O) groups excluding carboxylic acids is 2. The molecule has 17 heavy (non-hydrogen) atoms. The molecule has 0 fully saturated rings. The summed E-state index contributed by atoms with van der Waals surface area (Å²) in [7, 11) is 0. The molecule has 1 atom stereocenters. The van der Waals surface area contributed by atoms with Gasteiger partial charge in [-0.15, -0.1) is 0 Å². The summed E-state index contributed by atoms with van der Waals surface area (Å²) in [6.45, 7) is 7.35. The van der Waals surface area contributed by atoms with Crippen molar-refractivity contribution in [3.8, 4) is 0 Å². The van der Waals surface area contributed by atoms with E-state index >= 15 is 0 Å². The van der Waals surface area contributed by atoms with Crippen LogP contribution in [0.3, 0.4) is 0 Å². The molecule has 1 unspecified atom stereocenters. The van der Waals surface area contributed by atoms with Crippen molar-refractivity contribution >= 4 is 11.8 Å². The molecule has 5 nitrogen and oxygen atoms in total. The number of nitrogens with one attached hydrogen (secondary N) is 1. The SMILES string of the molecule is CCCC(CN)C(=O)N(CC)CC(=O)NCC. The molecule has 0 bridgehead atoms. The number of carbonyl (C=O) groups is 2. The predicted octanol–water partition coefficient (Wildman–Crippen LogP) is 0.346. The van der Waals surface area contributed by atoms with Gasteiger partial charge >= 0.3 is 0 Å². The van der Waals surface area contributed by atoms with E-state index in [0.717, 1.165) is 12.8 Å². The smallest absolute Gasteiger partial charge is 0.239 e. The van der Waals surface area contributed by atoms with Gasteiger partial charge in [-0.05, 0) is 20.3 Å². The van der Waals surface area contributed by atoms with Crippen LogP contribution in [0.1, 0.15) is 33.6 Å². The molecule has 5 heteroatoms. The highest BCUT2D eigenvalue weighted by Crippen LogP contribution is 2.09. The van der Waals surface area contributed by atoms with Gasteiger partial charge in [0.1, 0.15) is 0 Å². The number of likely N-dealkylation sites (N-methyl/N-ethyl adjacent to an activating group) is 2. The first-order chi connectivity index (χ1) is 8.10. The summed E-state index contributed by atoms with van der Waals surface area (Å²) in [5.41, 5.74) is 5.59. The van der Waals surface area contributed by atoms with Crippen LogP contribution in [0, 0.1) is 5.92 Å². The fourth-order valence-corrected chi connectivity index (χ4v) is 1.72. The molecule has 0 aliphatic heterocycles. The highest BCUT2D eigenvalue weighted by molar-refractivity contribution is 5.86. The van der Waals surface area contributed by atoms with Gasteiger partial charge in [0, 0.05) is 19.6 Å². The Bertz CT molecular complexity index is 244. The number of hydrogen-bond acceptors (Lipinski definition) is 3. The Balaban J connectivity index is 4.42. The standard InChI is InChI=1S/C12H25N3O2/c1-4-7-10(8-13)12(17)15(6-3)9-11(16)14-5-2/h10H,4-9,13H2,1-3H3,(H,14,16). The highest BCUT2D eigenvalue weighted by Gasteiger charge is 2.22. The minimum atomic E-state index is -0.158. The fraction of sp³-hybridized carbons (Fsp3) is 0.833. The molecule has 0 radical (unpaired) electrons. The second-order valence-corrected chi connectivity index (χ2v) is 4.03. The summed E-state index contributed by atoms with van der Waals surface area (Å²) in [5, 5.41) is 2.69. The maximum absolute atomic E-state index is 12.1. The summed E-state index contributed by atoms with van der Waals surface area (Å²) in [6, 6.07) is 0. The second-order valence-electron chi connectivity index (χ2n) is 4.03. The van der Waals surface area contributed by atoms with Crippen LogP contribution in [0.4, 0.5) is 0 Å². The minimum absolute atomic E-state index is 0.0110. The average molecular weight is 243 g/mol. The van der Waals surface area contributed by atoms with Crippen molar-refractivity contribution in [3.05, 3.63) is 0 Å². The molecular weight excluding hydrogens is 218 g/mol. The van der Waals surface area contributed by atoms with Gasteiger partial charge < -0.3 is 16.0 Å². The molecule has 0 aromatic rings. The van der Waals surface area contributed by atoms with E-state index in [1.807, 2.05) is 20.8 Å². The van der Waals surface area contributed by atoms with Crippen LogP contribution in [0.5, 0.6) is 0 Å². The van der Waals surface area contributed by atoms with Crippen LogP contribution in [0.2, 0.25) is 0 Å². The van der Waals surface area contributed by atoms with Gasteiger partial charge in [0.2, 0.25) is 11.8 Å². The summed E-state index contributed by atoms with van der Waals surface area (Å²) in [4.78, 5) is 25.1. The molecule has 0 saturated heterocycles. The van der Waals surface area contributed by atoms with E-state index in [4.69, 9.17) is 5.73 Å². The first kappa shape index (κ1) is 15.9. The lowest BCUT2D eigenvalue weighted by atomic mass is 10.0. The first-order valence-corrected chi connectivity index (χ1v) is 6.36. The normalized spacial score (nSPS) is 12.0. The lowest BCUT2D eigenvalue weighted by Gasteiger charge is -2.24. The average Bonchev–Trinajstić information content (AvgIpc) is 2.32. The van der Waals surface area contributed by atoms with E-state index in [1.165, 1.54) is 0 Å². The quantitative estimate of drug-likeness (QED) is 0.646. The van der Waals surface area contributed by atoms with Gasteiger partial charge in [0.15, 0.2) is 0 Å². The molecule has 0 heterocycles. The van der Waals surface area contributed by atoms with Crippen molar-refractivity contribution in [2.75, 3.05) is 26.2 Å². The van der Waals surface area contributed by atoms with Crippen LogP contribution in [-0.4, -0.2) is 42.9 Å². The molecule has 0 aliphatic carbocycles. The Hall–Kier alpha value is -1.10. The van der Waals surface area contributed by atoms with Gasteiger partial charge in [-0.2, -0.15) is 0 Å². The van der Waals surface area contributed by atoms with Crippen molar-refractivity contribution in [1.29, 1.82) is 0 Å². The Morgan fingerprint density at radius 1 is 1.29 bits per heavy atom. The monoisotopic (exact) mass is 243 g/mol. The van der Waals surface area contributed by atoms with Crippen LogP contribution < -0.4 is 11.1 Å². The molecule has 2 amide bonds. The number of nitrogens with two attached hydrogens (primary N) is 1. The fourth-order valence-electron chi connectivity index (χ4n) is 1.72. The zero-order chi connectivity index (χ0) is 13.3. The third-order valence-corrected chi connectivity index (χ3v) is 2.67. The largest absolute Gasteiger partial charge is 0.355 e. The van der Waals surface area contributed by atoms with Crippen LogP contribution in [-0.2, 0) is 9.59 Å². The highest BCUT2D eigenvalue weighted by atomic mass is 16.2. The van der Waals surface area contributed by atoms with E-state index in [9.17, 15) is 9.59 Å². The van der Waals surface area contributed by atoms with E-state index in [2.05, 4.69) is 5.32 Å². The summed E-state index contributed by atoms with van der Waals surface area (Å²) >= 11 is 0.